The van der Waals surface area contributed by atoms with Crippen LogP contribution in [0.3, 0.4) is 0 Å². The molecule has 1 fully saturated rings. The molecule has 1 aliphatic heterocycles. The lowest BCUT2D eigenvalue weighted by Gasteiger charge is -2.35. The number of piperidine rings is 1. The molecule has 6 nitrogen and oxygen atoms in total. The van der Waals surface area contributed by atoms with Crippen LogP contribution < -0.4 is 5.73 Å². The summed E-state index contributed by atoms with van der Waals surface area (Å²) in [4.78, 5) is 11.8. The zero-order valence-electron chi connectivity index (χ0n) is 11.4. The number of thiophene rings is 1. The average Bonchev–Trinajstić information content (AvgIpc) is 2.87. The summed E-state index contributed by atoms with van der Waals surface area (Å²) in [7, 11) is -2.45. The van der Waals surface area contributed by atoms with Crippen LogP contribution in [-0.4, -0.2) is 44.4 Å². The lowest BCUT2D eigenvalue weighted by molar-refractivity contribution is 0.0602. The molecular weight excluding hydrogens is 300 g/mol. The second-order valence-corrected chi connectivity index (χ2v) is 7.63. The van der Waals surface area contributed by atoms with Crippen molar-refractivity contribution in [1.29, 1.82) is 0 Å². The van der Waals surface area contributed by atoms with Crippen LogP contribution in [0.1, 0.15) is 29.4 Å². The molecule has 2 N–H and O–H groups in total. The molecule has 1 saturated heterocycles. The van der Waals surface area contributed by atoms with Gasteiger partial charge in [0.25, 0.3) is 0 Å². The van der Waals surface area contributed by atoms with Crippen molar-refractivity contribution in [2.75, 3.05) is 13.7 Å². The molecule has 0 spiro atoms. The fourth-order valence-electron chi connectivity index (χ4n) is 2.41. The van der Waals surface area contributed by atoms with E-state index in [1.807, 2.05) is 6.92 Å². The van der Waals surface area contributed by atoms with Crippen LogP contribution in [0.2, 0.25) is 0 Å². The molecule has 1 aromatic rings. The van der Waals surface area contributed by atoms with Crippen LogP contribution in [0.5, 0.6) is 0 Å². The van der Waals surface area contributed by atoms with Gasteiger partial charge in [-0.15, -0.1) is 11.3 Å². The van der Waals surface area contributed by atoms with E-state index < -0.39 is 16.0 Å². The monoisotopic (exact) mass is 318 g/mol. The number of methoxy groups -OCH3 is 1. The molecule has 0 aliphatic carbocycles. The second kappa shape index (κ2) is 5.80. The normalized spacial score (nSPS) is 24.6. The SMILES string of the molecule is COC(=O)c1sccc1S(=O)(=O)N1CCC(N)CC1C. The molecule has 112 valence electrons. The highest BCUT2D eigenvalue weighted by Crippen LogP contribution is 2.29. The van der Waals surface area contributed by atoms with Crippen molar-refractivity contribution in [2.24, 2.45) is 5.73 Å². The maximum atomic E-state index is 12.7. The summed E-state index contributed by atoms with van der Waals surface area (Å²) in [6.07, 6.45) is 1.25. The summed E-state index contributed by atoms with van der Waals surface area (Å²) in [5.74, 6) is -0.625. The standard InChI is InChI=1S/C12H18N2O4S2/c1-8-7-9(13)3-5-14(8)20(16,17)10-4-6-19-11(10)12(15)18-2/h4,6,8-9H,3,5,7,13H2,1-2H3. The maximum Gasteiger partial charge on any atom is 0.349 e. The Morgan fingerprint density at radius 1 is 1.55 bits per heavy atom. The van der Waals surface area contributed by atoms with Gasteiger partial charge in [-0.3, -0.25) is 0 Å². The van der Waals surface area contributed by atoms with Gasteiger partial charge in [0.1, 0.15) is 9.77 Å². The zero-order chi connectivity index (χ0) is 14.9. The third-order valence-corrected chi connectivity index (χ3v) is 6.52. The van der Waals surface area contributed by atoms with Crippen molar-refractivity contribution in [3.8, 4) is 0 Å². The van der Waals surface area contributed by atoms with Crippen molar-refractivity contribution in [2.45, 2.75) is 36.7 Å². The quantitative estimate of drug-likeness (QED) is 0.841. The van der Waals surface area contributed by atoms with Gasteiger partial charge >= 0.3 is 5.97 Å². The highest BCUT2D eigenvalue weighted by atomic mass is 32.2. The van der Waals surface area contributed by atoms with Crippen molar-refractivity contribution in [3.63, 3.8) is 0 Å². The Balaban J connectivity index is 2.36. The van der Waals surface area contributed by atoms with Crippen LogP contribution in [-0.2, 0) is 14.8 Å². The fourth-order valence-corrected chi connectivity index (χ4v) is 5.38. The largest absolute Gasteiger partial charge is 0.465 e. The first-order chi connectivity index (χ1) is 9.37. The number of esters is 1. The van der Waals surface area contributed by atoms with E-state index >= 15 is 0 Å². The van der Waals surface area contributed by atoms with Gasteiger partial charge in [-0.2, -0.15) is 4.31 Å². The van der Waals surface area contributed by atoms with Gasteiger partial charge in [0.2, 0.25) is 10.0 Å². The smallest absolute Gasteiger partial charge is 0.349 e. The predicted molar refractivity (Wildman–Crippen MR) is 76.2 cm³/mol. The summed E-state index contributed by atoms with van der Waals surface area (Å²) in [5, 5.41) is 1.58. The van der Waals surface area contributed by atoms with Crippen LogP contribution in [0.25, 0.3) is 0 Å². The van der Waals surface area contributed by atoms with E-state index in [9.17, 15) is 13.2 Å². The number of hydrogen-bond acceptors (Lipinski definition) is 6. The van der Waals surface area contributed by atoms with Gasteiger partial charge in [-0.1, -0.05) is 0 Å². The molecule has 0 radical (unpaired) electrons. The second-order valence-electron chi connectivity index (χ2n) is 4.85. The Kier molecular flexibility index (Phi) is 4.48. The Hall–Kier alpha value is -0.960. The van der Waals surface area contributed by atoms with E-state index in [4.69, 9.17) is 5.73 Å². The number of ether oxygens (including phenoxy) is 1. The maximum absolute atomic E-state index is 12.7. The minimum Gasteiger partial charge on any atom is -0.465 e. The lowest BCUT2D eigenvalue weighted by atomic mass is 10.0. The third-order valence-electron chi connectivity index (χ3n) is 3.44. The first-order valence-corrected chi connectivity index (χ1v) is 8.63. The lowest BCUT2D eigenvalue weighted by Crippen LogP contribution is -2.48. The van der Waals surface area contributed by atoms with Gasteiger partial charge in [-0.25, -0.2) is 13.2 Å². The van der Waals surface area contributed by atoms with E-state index in [-0.39, 0.29) is 21.9 Å². The Labute approximate surface area is 122 Å². The third kappa shape index (κ3) is 2.73. The molecular formula is C12H18N2O4S2. The van der Waals surface area contributed by atoms with Gasteiger partial charge in [-0.05, 0) is 31.2 Å². The first-order valence-electron chi connectivity index (χ1n) is 6.31. The summed E-state index contributed by atoms with van der Waals surface area (Å²) in [6, 6.07) is 1.31. The highest BCUT2D eigenvalue weighted by molar-refractivity contribution is 7.89. The molecule has 2 heterocycles. The number of sulfonamides is 1. The Morgan fingerprint density at radius 2 is 2.25 bits per heavy atom. The molecule has 2 atom stereocenters. The minimum atomic E-state index is -3.69. The van der Waals surface area contributed by atoms with E-state index in [1.165, 1.54) is 17.5 Å². The zero-order valence-corrected chi connectivity index (χ0v) is 13.0. The molecule has 0 bridgehead atoms. The number of nitrogens with zero attached hydrogens (tertiary/aromatic N) is 1. The fraction of sp³-hybridized carbons (Fsp3) is 0.583. The van der Waals surface area contributed by atoms with Gasteiger partial charge in [0.05, 0.1) is 7.11 Å². The van der Waals surface area contributed by atoms with Crippen LogP contribution >= 0.6 is 11.3 Å². The summed E-state index contributed by atoms with van der Waals surface area (Å²) < 4.78 is 31.4. The molecule has 0 aromatic carbocycles. The van der Waals surface area contributed by atoms with Crippen molar-refractivity contribution in [3.05, 3.63) is 16.3 Å². The number of carbonyl (C=O) groups excluding carboxylic acids is 1. The molecule has 2 rings (SSSR count). The summed E-state index contributed by atoms with van der Waals surface area (Å²) in [6.45, 7) is 2.21. The average molecular weight is 318 g/mol. The number of hydrogen-bond donors (Lipinski definition) is 1. The Morgan fingerprint density at radius 3 is 2.85 bits per heavy atom. The van der Waals surface area contributed by atoms with E-state index in [1.54, 1.807) is 5.38 Å². The first kappa shape index (κ1) is 15.4. The van der Waals surface area contributed by atoms with Crippen molar-refractivity contribution in [1.82, 2.24) is 4.31 Å². The molecule has 1 aromatic heterocycles. The minimum absolute atomic E-state index is 0.0247. The summed E-state index contributed by atoms with van der Waals surface area (Å²) >= 11 is 1.07. The van der Waals surface area contributed by atoms with Gasteiger partial charge < -0.3 is 10.5 Å². The molecule has 8 heteroatoms. The summed E-state index contributed by atoms with van der Waals surface area (Å²) in [5.41, 5.74) is 5.86. The number of nitrogens with two attached hydrogens (primary N) is 1. The Bertz CT molecular complexity index is 596. The molecule has 1 aliphatic rings. The number of rotatable bonds is 3. The van der Waals surface area contributed by atoms with Crippen molar-refractivity contribution >= 4 is 27.3 Å². The van der Waals surface area contributed by atoms with E-state index in [0.717, 1.165) is 11.3 Å². The highest BCUT2D eigenvalue weighted by Gasteiger charge is 2.36. The van der Waals surface area contributed by atoms with E-state index in [2.05, 4.69) is 4.74 Å². The van der Waals surface area contributed by atoms with Crippen LogP contribution in [0, 0.1) is 0 Å². The molecule has 20 heavy (non-hydrogen) atoms. The topological polar surface area (TPSA) is 89.7 Å². The van der Waals surface area contributed by atoms with E-state index in [0.29, 0.717) is 19.4 Å². The molecule has 0 saturated carbocycles. The van der Waals surface area contributed by atoms with Crippen molar-refractivity contribution < 1.29 is 17.9 Å². The van der Waals surface area contributed by atoms with Gasteiger partial charge in [0, 0.05) is 18.6 Å². The van der Waals surface area contributed by atoms with Crippen LogP contribution in [0.4, 0.5) is 0 Å². The molecule has 2 unspecified atom stereocenters. The number of carbonyl (C=O) groups is 1. The predicted octanol–water partition coefficient (Wildman–Crippen LogP) is 1.04. The molecule has 0 amide bonds. The van der Waals surface area contributed by atoms with Crippen LogP contribution in [0.15, 0.2) is 16.3 Å². The van der Waals surface area contributed by atoms with Gasteiger partial charge in [0.15, 0.2) is 0 Å².